The molecule has 0 bridgehead atoms. The first-order chi connectivity index (χ1) is 14.7. The number of benzene rings is 1. The molecule has 0 unspecified atom stereocenters. The molecule has 0 aliphatic carbocycles. The van der Waals surface area contributed by atoms with Crippen LogP contribution in [0.5, 0.6) is 0 Å². The number of pyridine rings is 2. The summed E-state index contributed by atoms with van der Waals surface area (Å²) in [6, 6.07) is 13.0. The molecule has 6 heteroatoms. The SMILES string of the molecule is N/C=C(\N)c1cc2c(cn1)[nH]c1ncc(-c3ccc(CN4CCCCC4)cc3)cc12. The molecule has 0 amide bonds. The van der Waals surface area contributed by atoms with Crippen LogP contribution in [0.15, 0.2) is 55.0 Å². The van der Waals surface area contributed by atoms with Gasteiger partial charge in [-0.2, -0.15) is 0 Å². The zero-order chi connectivity index (χ0) is 20.5. The maximum Gasteiger partial charge on any atom is 0.138 e. The molecule has 3 aromatic heterocycles. The predicted molar refractivity (Wildman–Crippen MR) is 122 cm³/mol. The van der Waals surface area contributed by atoms with Crippen molar-refractivity contribution in [2.45, 2.75) is 25.8 Å². The molecule has 0 saturated carbocycles. The van der Waals surface area contributed by atoms with Crippen molar-refractivity contribution >= 4 is 27.6 Å². The first-order valence-corrected chi connectivity index (χ1v) is 10.5. The number of nitrogens with zero attached hydrogens (tertiary/aromatic N) is 3. The standard InChI is InChI=1S/C24H26N6/c25-12-21(26)22-11-19-20-10-18(13-28-24(20)29-23(19)14-27-22)17-6-4-16(5-7-17)15-30-8-2-1-3-9-30/h4-7,10-14H,1-3,8-9,15,25-26H2,(H,28,29)/b21-12-. The predicted octanol–water partition coefficient (Wildman–Crippen LogP) is 3.98. The van der Waals surface area contributed by atoms with E-state index in [2.05, 4.69) is 50.2 Å². The average molecular weight is 399 g/mol. The maximum atomic E-state index is 5.94. The monoisotopic (exact) mass is 398 g/mol. The Hall–Kier alpha value is -3.38. The van der Waals surface area contributed by atoms with Gasteiger partial charge in [0.1, 0.15) is 5.65 Å². The zero-order valence-corrected chi connectivity index (χ0v) is 16.9. The second-order valence-corrected chi connectivity index (χ2v) is 8.02. The number of hydrogen-bond donors (Lipinski definition) is 3. The number of aromatic nitrogens is 3. The summed E-state index contributed by atoms with van der Waals surface area (Å²) in [5.74, 6) is 0. The highest BCUT2D eigenvalue weighted by Gasteiger charge is 2.12. The van der Waals surface area contributed by atoms with Gasteiger partial charge in [-0.25, -0.2) is 4.98 Å². The minimum Gasteiger partial charge on any atom is -0.403 e. The van der Waals surface area contributed by atoms with Gasteiger partial charge >= 0.3 is 0 Å². The number of nitrogens with two attached hydrogens (primary N) is 2. The van der Waals surface area contributed by atoms with Crippen molar-refractivity contribution in [3.05, 3.63) is 66.2 Å². The van der Waals surface area contributed by atoms with Gasteiger partial charge in [0.25, 0.3) is 0 Å². The Morgan fingerprint density at radius 1 is 0.967 bits per heavy atom. The number of hydrogen-bond acceptors (Lipinski definition) is 5. The van der Waals surface area contributed by atoms with Crippen molar-refractivity contribution in [3.8, 4) is 11.1 Å². The largest absolute Gasteiger partial charge is 0.403 e. The Morgan fingerprint density at radius 2 is 1.77 bits per heavy atom. The second-order valence-electron chi connectivity index (χ2n) is 8.02. The topological polar surface area (TPSA) is 96.8 Å². The number of rotatable bonds is 4. The maximum absolute atomic E-state index is 5.94. The lowest BCUT2D eigenvalue weighted by Gasteiger charge is -2.26. The summed E-state index contributed by atoms with van der Waals surface area (Å²) in [4.78, 5) is 14.9. The molecule has 0 radical (unpaired) electrons. The van der Waals surface area contributed by atoms with E-state index < -0.39 is 0 Å². The van der Waals surface area contributed by atoms with Gasteiger partial charge in [-0.3, -0.25) is 9.88 Å². The van der Waals surface area contributed by atoms with Crippen LogP contribution in [0.4, 0.5) is 0 Å². The average Bonchev–Trinajstić information content (AvgIpc) is 3.17. The van der Waals surface area contributed by atoms with Gasteiger partial charge in [0.2, 0.25) is 0 Å². The van der Waals surface area contributed by atoms with Crippen LogP contribution in [-0.2, 0) is 6.54 Å². The number of aromatic amines is 1. The highest BCUT2D eigenvalue weighted by atomic mass is 15.1. The fourth-order valence-corrected chi connectivity index (χ4v) is 4.25. The van der Waals surface area contributed by atoms with Gasteiger partial charge < -0.3 is 16.5 Å². The molecule has 1 fully saturated rings. The second kappa shape index (κ2) is 7.80. The van der Waals surface area contributed by atoms with Crippen LogP contribution >= 0.6 is 0 Å². The Morgan fingerprint density at radius 3 is 2.53 bits per heavy atom. The van der Waals surface area contributed by atoms with Crippen molar-refractivity contribution in [3.63, 3.8) is 0 Å². The normalized spacial score (nSPS) is 15.8. The third-order valence-corrected chi connectivity index (χ3v) is 5.95. The van der Waals surface area contributed by atoms with E-state index in [0.717, 1.165) is 39.6 Å². The summed E-state index contributed by atoms with van der Waals surface area (Å²) >= 11 is 0. The highest BCUT2D eigenvalue weighted by molar-refractivity contribution is 6.07. The Balaban J connectivity index is 1.47. The van der Waals surface area contributed by atoms with E-state index in [1.807, 2.05) is 12.3 Å². The van der Waals surface area contributed by atoms with Crippen LogP contribution in [0.2, 0.25) is 0 Å². The molecule has 4 heterocycles. The molecule has 1 saturated heterocycles. The molecule has 1 aliphatic rings. The van der Waals surface area contributed by atoms with Crippen molar-refractivity contribution < 1.29 is 0 Å². The summed E-state index contributed by atoms with van der Waals surface area (Å²) < 4.78 is 0. The quantitative estimate of drug-likeness (QED) is 0.483. The smallest absolute Gasteiger partial charge is 0.138 e. The minimum atomic E-state index is 0.458. The van der Waals surface area contributed by atoms with Crippen molar-refractivity contribution in [1.82, 2.24) is 19.9 Å². The molecule has 4 aromatic rings. The molecule has 30 heavy (non-hydrogen) atoms. The summed E-state index contributed by atoms with van der Waals surface area (Å²) in [5.41, 5.74) is 18.0. The van der Waals surface area contributed by atoms with Crippen molar-refractivity contribution in [1.29, 1.82) is 0 Å². The van der Waals surface area contributed by atoms with E-state index in [-0.39, 0.29) is 0 Å². The first-order valence-electron chi connectivity index (χ1n) is 10.5. The number of piperidine rings is 1. The van der Waals surface area contributed by atoms with E-state index in [4.69, 9.17) is 11.5 Å². The molecule has 0 spiro atoms. The van der Waals surface area contributed by atoms with Crippen LogP contribution in [0.25, 0.3) is 38.8 Å². The number of H-pyrrole nitrogens is 1. The third-order valence-electron chi connectivity index (χ3n) is 5.95. The lowest BCUT2D eigenvalue weighted by molar-refractivity contribution is 0.221. The fraction of sp³-hybridized carbons (Fsp3) is 0.250. The van der Waals surface area contributed by atoms with Crippen LogP contribution in [0.3, 0.4) is 0 Å². The van der Waals surface area contributed by atoms with Crippen LogP contribution < -0.4 is 11.5 Å². The Kier molecular flexibility index (Phi) is 4.85. The van der Waals surface area contributed by atoms with Crippen LogP contribution in [-0.4, -0.2) is 32.9 Å². The Labute approximate surface area is 175 Å². The minimum absolute atomic E-state index is 0.458. The zero-order valence-electron chi connectivity index (χ0n) is 16.9. The molecule has 0 atom stereocenters. The number of nitrogens with one attached hydrogen (secondary N) is 1. The lowest BCUT2D eigenvalue weighted by Crippen LogP contribution is -2.28. The third kappa shape index (κ3) is 3.50. The van der Waals surface area contributed by atoms with Crippen molar-refractivity contribution in [2.24, 2.45) is 11.5 Å². The van der Waals surface area contributed by atoms with E-state index in [1.165, 1.54) is 44.1 Å². The van der Waals surface area contributed by atoms with Gasteiger partial charge in [0.05, 0.1) is 23.1 Å². The van der Waals surface area contributed by atoms with E-state index in [9.17, 15) is 0 Å². The summed E-state index contributed by atoms with van der Waals surface area (Å²) in [5, 5.41) is 2.09. The van der Waals surface area contributed by atoms with Crippen molar-refractivity contribution in [2.75, 3.05) is 13.1 Å². The van der Waals surface area contributed by atoms with Crippen LogP contribution in [0, 0.1) is 0 Å². The van der Waals surface area contributed by atoms with Crippen LogP contribution in [0.1, 0.15) is 30.5 Å². The highest BCUT2D eigenvalue weighted by Crippen LogP contribution is 2.29. The van der Waals surface area contributed by atoms with E-state index >= 15 is 0 Å². The van der Waals surface area contributed by atoms with Gasteiger partial charge in [0, 0.05) is 35.3 Å². The first kappa shape index (κ1) is 18.6. The van der Waals surface area contributed by atoms with Gasteiger partial charge in [-0.1, -0.05) is 30.7 Å². The molecule has 5 N–H and O–H groups in total. The molecule has 152 valence electrons. The van der Waals surface area contributed by atoms with Gasteiger partial charge in [-0.15, -0.1) is 0 Å². The number of likely N-dealkylation sites (tertiary alicyclic amines) is 1. The lowest BCUT2D eigenvalue weighted by atomic mass is 10.0. The summed E-state index contributed by atoms with van der Waals surface area (Å²) in [6.45, 7) is 3.46. The fourth-order valence-electron chi connectivity index (χ4n) is 4.25. The van der Waals surface area contributed by atoms with Gasteiger partial charge in [-0.05, 0) is 49.2 Å². The molecule has 1 aromatic carbocycles. The Bertz CT molecular complexity index is 1220. The van der Waals surface area contributed by atoms with Gasteiger partial charge in [0.15, 0.2) is 0 Å². The molecular formula is C24H26N6. The number of fused-ring (bicyclic) bond motifs is 3. The molecule has 1 aliphatic heterocycles. The van der Waals surface area contributed by atoms with E-state index in [0.29, 0.717) is 11.4 Å². The molecule has 6 nitrogen and oxygen atoms in total. The van der Waals surface area contributed by atoms with E-state index in [1.54, 1.807) is 6.20 Å². The molecular weight excluding hydrogens is 372 g/mol. The summed E-state index contributed by atoms with van der Waals surface area (Å²) in [7, 11) is 0. The molecule has 5 rings (SSSR count). The summed E-state index contributed by atoms with van der Waals surface area (Å²) in [6.07, 6.45) is 9.07.